The van der Waals surface area contributed by atoms with Crippen LogP contribution in [0.15, 0.2) is 12.2 Å². The minimum Gasteiger partial charge on any atom is -0.0882 e. The summed E-state index contributed by atoms with van der Waals surface area (Å²) in [5.74, 6) is 4.35. The average molecular weight is 176 g/mol. The molecule has 3 rings (SSSR count). The first-order valence-corrected chi connectivity index (χ1v) is 6.13. The SMILES string of the molecule is C1=C[C@@H]2[C@H](CC1)[C@@H]1CCCCC[C@@H]21. The van der Waals surface area contributed by atoms with E-state index in [9.17, 15) is 0 Å². The third-order valence-corrected chi connectivity index (χ3v) is 4.69. The highest BCUT2D eigenvalue weighted by Crippen LogP contribution is 2.56. The standard InChI is InChI=1S/C13H20/c1-2-6-10-11(7-3-1)13-9-5-4-8-12(10)13/h4,8,10-13H,1-3,5-7,9H2/t10-,11-,12+,13-/m1/s1. The molecule has 0 heteroatoms. The van der Waals surface area contributed by atoms with Crippen LogP contribution >= 0.6 is 0 Å². The summed E-state index contributed by atoms with van der Waals surface area (Å²) in [5, 5.41) is 0. The lowest BCUT2D eigenvalue weighted by molar-refractivity contribution is -0.00667. The van der Waals surface area contributed by atoms with Gasteiger partial charge >= 0.3 is 0 Å². The lowest BCUT2D eigenvalue weighted by Crippen LogP contribution is -2.46. The van der Waals surface area contributed by atoms with Gasteiger partial charge in [0.1, 0.15) is 0 Å². The van der Waals surface area contributed by atoms with Gasteiger partial charge in [-0.3, -0.25) is 0 Å². The summed E-state index contributed by atoms with van der Waals surface area (Å²) in [5.41, 5.74) is 0. The molecule has 0 N–H and O–H groups in total. The molecule has 0 heterocycles. The Labute approximate surface area is 81.4 Å². The van der Waals surface area contributed by atoms with E-state index in [1.165, 1.54) is 38.5 Å². The first-order valence-electron chi connectivity index (χ1n) is 6.13. The van der Waals surface area contributed by atoms with E-state index < -0.39 is 0 Å². The van der Waals surface area contributed by atoms with E-state index in [1.807, 2.05) is 0 Å². The average Bonchev–Trinajstić information content (AvgIpc) is 2.37. The lowest BCUT2D eigenvalue weighted by Gasteiger charge is -2.52. The van der Waals surface area contributed by atoms with Crippen LogP contribution in [0.1, 0.15) is 44.9 Å². The predicted octanol–water partition coefficient (Wildman–Crippen LogP) is 3.78. The number of hydrogen-bond acceptors (Lipinski definition) is 0. The second-order valence-corrected chi connectivity index (χ2v) is 5.21. The van der Waals surface area contributed by atoms with Crippen molar-refractivity contribution in [2.45, 2.75) is 44.9 Å². The van der Waals surface area contributed by atoms with Gasteiger partial charge in [-0.2, -0.15) is 0 Å². The molecule has 0 aliphatic heterocycles. The molecule has 0 bridgehead atoms. The molecule has 0 nitrogen and oxygen atoms in total. The van der Waals surface area contributed by atoms with Crippen LogP contribution in [0.3, 0.4) is 0 Å². The Bertz CT molecular complexity index is 216. The van der Waals surface area contributed by atoms with Crippen LogP contribution in [0.25, 0.3) is 0 Å². The third kappa shape index (κ3) is 1.18. The molecule has 72 valence electrons. The topological polar surface area (TPSA) is 0 Å². The second kappa shape index (κ2) is 3.15. The zero-order chi connectivity index (χ0) is 8.67. The van der Waals surface area contributed by atoms with Crippen molar-refractivity contribution in [2.75, 3.05) is 0 Å². The number of allylic oxidation sites excluding steroid dienone is 2. The van der Waals surface area contributed by atoms with Gasteiger partial charge in [-0.15, -0.1) is 0 Å². The highest BCUT2D eigenvalue weighted by atomic mass is 14.5. The summed E-state index contributed by atoms with van der Waals surface area (Å²) >= 11 is 0. The molecule has 3 aliphatic rings. The highest BCUT2D eigenvalue weighted by Gasteiger charge is 2.48. The third-order valence-electron chi connectivity index (χ3n) is 4.69. The second-order valence-electron chi connectivity index (χ2n) is 5.21. The smallest absolute Gasteiger partial charge is 0.0171 e. The summed E-state index contributed by atoms with van der Waals surface area (Å²) in [6.45, 7) is 0. The van der Waals surface area contributed by atoms with E-state index in [2.05, 4.69) is 12.2 Å². The van der Waals surface area contributed by atoms with Gasteiger partial charge in [0.25, 0.3) is 0 Å². The van der Waals surface area contributed by atoms with Gasteiger partial charge in [-0.25, -0.2) is 0 Å². The van der Waals surface area contributed by atoms with Crippen molar-refractivity contribution in [3.05, 3.63) is 12.2 Å². The maximum atomic E-state index is 2.54. The molecule has 0 radical (unpaired) electrons. The molecule has 0 aromatic rings. The molecule has 2 saturated carbocycles. The molecule has 0 aromatic carbocycles. The molecule has 0 amide bonds. The zero-order valence-electron chi connectivity index (χ0n) is 8.41. The quantitative estimate of drug-likeness (QED) is 0.493. The van der Waals surface area contributed by atoms with Crippen LogP contribution in [0.2, 0.25) is 0 Å². The first-order chi connectivity index (χ1) is 6.47. The summed E-state index contributed by atoms with van der Waals surface area (Å²) in [7, 11) is 0. The van der Waals surface area contributed by atoms with E-state index in [0.29, 0.717) is 0 Å². The molecule has 4 atom stereocenters. The molecule has 3 aliphatic carbocycles. The number of rotatable bonds is 0. The Morgan fingerprint density at radius 3 is 2.46 bits per heavy atom. The van der Waals surface area contributed by atoms with Gasteiger partial charge in [-0.05, 0) is 49.4 Å². The van der Waals surface area contributed by atoms with Gasteiger partial charge in [0, 0.05) is 0 Å². The Kier molecular flexibility index (Phi) is 1.96. The van der Waals surface area contributed by atoms with Crippen molar-refractivity contribution in [3.63, 3.8) is 0 Å². The van der Waals surface area contributed by atoms with Gasteiger partial charge in [0.2, 0.25) is 0 Å². The normalized spacial score (nSPS) is 48.6. The monoisotopic (exact) mass is 176 g/mol. The summed E-state index contributed by atoms with van der Waals surface area (Å²) in [4.78, 5) is 0. The van der Waals surface area contributed by atoms with Gasteiger partial charge in [0.05, 0.1) is 0 Å². The molecular formula is C13H20. The van der Waals surface area contributed by atoms with Crippen molar-refractivity contribution < 1.29 is 0 Å². The number of fused-ring (bicyclic) bond motifs is 4. The molecule has 0 spiro atoms. The van der Waals surface area contributed by atoms with E-state index in [4.69, 9.17) is 0 Å². The molecule has 0 aromatic heterocycles. The Balaban J connectivity index is 1.77. The van der Waals surface area contributed by atoms with Crippen LogP contribution < -0.4 is 0 Å². The zero-order valence-corrected chi connectivity index (χ0v) is 8.41. The first kappa shape index (κ1) is 8.08. The maximum Gasteiger partial charge on any atom is -0.0171 e. The van der Waals surface area contributed by atoms with E-state index in [-0.39, 0.29) is 0 Å². The van der Waals surface area contributed by atoms with Crippen LogP contribution in [0.4, 0.5) is 0 Å². The van der Waals surface area contributed by atoms with Gasteiger partial charge in [0.15, 0.2) is 0 Å². The van der Waals surface area contributed by atoms with Crippen molar-refractivity contribution in [3.8, 4) is 0 Å². The lowest BCUT2D eigenvalue weighted by atomic mass is 9.52. The molecule has 0 unspecified atom stereocenters. The molecular weight excluding hydrogens is 156 g/mol. The van der Waals surface area contributed by atoms with Gasteiger partial charge < -0.3 is 0 Å². The Morgan fingerprint density at radius 2 is 1.54 bits per heavy atom. The van der Waals surface area contributed by atoms with Crippen LogP contribution in [0, 0.1) is 23.7 Å². The fourth-order valence-corrected chi connectivity index (χ4v) is 4.07. The highest BCUT2D eigenvalue weighted by molar-refractivity contribution is 5.10. The largest absolute Gasteiger partial charge is 0.0882 e. The van der Waals surface area contributed by atoms with Crippen molar-refractivity contribution >= 4 is 0 Å². The molecule has 0 saturated heterocycles. The van der Waals surface area contributed by atoms with E-state index in [1.54, 1.807) is 6.42 Å². The Morgan fingerprint density at radius 1 is 0.769 bits per heavy atom. The fraction of sp³-hybridized carbons (Fsp3) is 0.846. The van der Waals surface area contributed by atoms with Crippen LogP contribution in [-0.4, -0.2) is 0 Å². The van der Waals surface area contributed by atoms with Crippen LogP contribution in [0.5, 0.6) is 0 Å². The molecule has 2 fully saturated rings. The van der Waals surface area contributed by atoms with E-state index in [0.717, 1.165) is 23.7 Å². The fourth-order valence-electron chi connectivity index (χ4n) is 4.07. The summed E-state index contributed by atoms with van der Waals surface area (Å²) < 4.78 is 0. The number of hydrogen-bond donors (Lipinski definition) is 0. The van der Waals surface area contributed by atoms with Crippen molar-refractivity contribution in [1.29, 1.82) is 0 Å². The van der Waals surface area contributed by atoms with Gasteiger partial charge in [-0.1, -0.05) is 31.4 Å². The van der Waals surface area contributed by atoms with Crippen LogP contribution in [-0.2, 0) is 0 Å². The Hall–Kier alpha value is -0.260. The minimum absolute atomic E-state index is 1.01. The minimum atomic E-state index is 1.01. The summed E-state index contributed by atoms with van der Waals surface area (Å²) in [6.07, 6.45) is 15.5. The molecule has 13 heavy (non-hydrogen) atoms. The predicted molar refractivity (Wildman–Crippen MR) is 55.4 cm³/mol. The van der Waals surface area contributed by atoms with Crippen molar-refractivity contribution in [2.24, 2.45) is 23.7 Å². The van der Waals surface area contributed by atoms with E-state index >= 15 is 0 Å². The summed E-state index contributed by atoms with van der Waals surface area (Å²) in [6, 6.07) is 0. The maximum absolute atomic E-state index is 2.54. The van der Waals surface area contributed by atoms with Crippen molar-refractivity contribution in [1.82, 2.24) is 0 Å².